The zero-order chi connectivity index (χ0) is 24.1. The molecule has 1 aliphatic heterocycles. The minimum Gasteiger partial charge on any atom is -0.395 e. The van der Waals surface area contributed by atoms with E-state index in [1.54, 1.807) is 12.1 Å². The minimum absolute atomic E-state index is 0.0795. The van der Waals surface area contributed by atoms with Gasteiger partial charge >= 0.3 is 6.18 Å². The second-order valence-electron chi connectivity index (χ2n) is 9.67. The normalized spacial score (nSPS) is 20.1. The topological polar surface area (TPSA) is 68.4 Å². The molecular weight excluding hydrogens is 443 g/mol. The molecule has 8 heteroatoms. The van der Waals surface area contributed by atoms with Gasteiger partial charge in [0.25, 0.3) is 5.91 Å². The molecule has 1 saturated heterocycles. The molecule has 1 saturated carbocycles. The molecule has 3 N–H and O–H groups in total. The number of carbonyl (C=O) groups is 1. The van der Waals surface area contributed by atoms with E-state index < -0.39 is 17.6 Å². The number of aromatic amines is 1. The average molecular weight is 472 g/mol. The Labute approximate surface area is 196 Å². The highest BCUT2D eigenvalue weighted by Crippen LogP contribution is 2.49. The van der Waals surface area contributed by atoms with Crippen LogP contribution in [0.3, 0.4) is 0 Å². The first kappa shape index (κ1) is 22.9. The number of aryl methyl sites for hydroxylation is 1. The number of carbonyl (C=O) groups excluding carboxylic acids is 1. The maximum Gasteiger partial charge on any atom is 0.411 e. The number of aromatic nitrogens is 1. The van der Waals surface area contributed by atoms with Crippen molar-refractivity contribution in [2.45, 2.75) is 56.9 Å². The number of H-pyrrole nitrogens is 1. The third kappa shape index (κ3) is 4.32. The number of likely N-dealkylation sites (tertiary alicyclic amines) is 1. The van der Waals surface area contributed by atoms with Gasteiger partial charge in [-0.1, -0.05) is 12.1 Å². The number of nitrogens with one attached hydrogen (secondary N) is 2. The van der Waals surface area contributed by atoms with Crippen LogP contribution >= 0.6 is 0 Å². The highest BCUT2D eigenvalue weighted by molar-refractivity contribution is 5.97. The lowest BCUT2D eigenvalue weighted by molar-refractivity contribution is -0.163. The lowest BCUT2D eigenvalue weighted by Gasteiger charge is -2.21. The van der Waals surface area contributed by atoms with Gasteiger partial charge in [0.1, 0.15) is 5.54 Å². The summed E-state index contributed by atoms with van der Waals surface area (Å²) in [4.78, 5) is 18.4. The van der Waals surface area contributed by atoms with Crippen LogP contribution in [0, 0.1) is 6.92 Å². The molecule has 0 radical (unpaired) electrons. The number of benzene rings is 2. The van der Waals surface area contributed by atoms with Crippen molar-refractivity contribution in [2.24, 2.45) is 0 Å². The average Bonchev–Trinajstić information content (AvgIpc) is 3.27. The molecule has 2 heterocycles. The lowest BCUT2D eigenvalue weighted by Crippen LogP contribution is -2.47. The Morgan fingerprint density at radius 2 is 1.97 bits per heavy atom. The van der Waals surface area contributed by atoms with Crippen molar-refractivity contribution in [3.05, 3.63) is 59.3 Å². The van der Waals surface area contributed by atoms with Crippen LogP contribution in [0.1, 0.15) is 47.3 Å². The maximum atomic E-state index is 13.3. The van der Waals surface area contributed by atoms with Gasteiger partial charge in [-0.25, -0.2) is 0 Å². The van der Waals surface area contributed by atoms with Crippen LogP contribution in [0.2, 0.25) is 0 Å². The summed E-state index contributed by atoms with van der Waals surface area (Å²) >= 11 is 0. The van der Waals surface area contributed by atoms with E-state index >= 15 is 0 Å². The second-order valence-corrected chi connectivity index (χ2v) is 9.67. The van der Waals surface area contributed by atoms with Crippen molar-refractivity contribution in [2.75, 3.05) is 13.2 Å². The summed E-state index contributed by atoms with van der Waals surface area (Å²) in [5.74, 6) is -0.700. The Hall–Kier alpha value is -2.84. The molecule has 1 amide bonds. The summed E-state index contributed by atoms with van der Waals surface area (Å²) in [6.07, 6.45) is -2.51. The summed E-state index contributed by atoms with van der Waals surface area (Å²) < 4.78 is 39.8. The number of aliphatic hydroxyl groups excluding tert-OH is 1. The Bertz CT molecular complexity index is 1230. The summed E-state index contributed by atoms with van der Waals surface area (Å²) in [6.45, 7) is 3.70. The SMILES string of the molecule is Cc1cc(C(=O)NC2(C(F)(F)F)CC2)cc(-c2ccc3[nH]c(CN4CCC[C@@H]4CO)cc3c2)c1. The Kier molecular flexibility index (Phi) is 5.68. The number of hydrogen-bond donors (Lipinski definition) is 3. The van der Waals surface area contributed by atoms with Crippen LogP contribution in [-0.2, 0) is 6.54 Å². The van der Waals surface area contributed by atoms with Crippen molar-refractivity contribution >= 4 is 16.8 Å². The van der Waals surface area contributed by atoms with E-state index in [-0.39, 0.29) is 31.1 Å². The fourth-order valence-corrected chi connectivity index (χ4v) is 4.96. The summed E-state index contributed by atoms with van der Waals surface area (Å²) in [7, 11) is 0. The van der Waals surface area contributed by atoms with Crippen LogP contribution < -0.4 is 5.32 Å². The highest BCUT2D eigenvalue weighted by atomic mass is 19.4. The second kappa shape index (κ2) is 8.43. The van der Waals surface area contributed by atoms with Crippen LogP contribution in [0.25, 0.3) is 22.0 Å². The molecule has 0 unspecified atom stereocenters. The number of rotatable bonds is 6. The van der Waals surface area contributed by atoms with Gasteiger partial charge < -0.3 is 15.4 Å². The van der Waals surface area contributed by atoms with E-state index in [1.165, 1.54) is 0 Å². The lowest BCUT2D eigenvalue weighted by atomic mass is 9.98. The largest absolute Gasteiger partial charge is 0.411 e. The molecule has 5 nitrogen and oxygen atoms in total. The van der Waals surface area contributed by atoms with Gasteiger partial charge in [0.15, 0.2) is 0 Å². The molecule has 1 atom stereocenters. The summed E-state index contributed by atoms with van der Waals surface area (Å²) in [6, 6.07) is 13.4. The van der Waals surface area contributed by atoms with Crippen LogP contribution in [0.4, 0.5) is 13.2 Å². The molecule has 1 aliphatic carbocycles. The fraction of sp³-hybridized carbons (Fsp3) is 0.423. The molecule has 0 bridgehead atoms. The van der Waals surface area contributed by atoms with Crippen LogP contribution in [-0.4, -0.2) is 51.8 Å². The standard InChI is InChI=1S/C26H28F3N3O2/c1-16-9-18(12-20(10-16)24(34)31-25(6-7-25)26(27,28)29)17-4-5-23-19(11-17)13-21(30-23)14-32-8-2-3-22(32)15-33/h4-5,9-13,22,30,33H,2-3,6-8,14-15H2,1H3,(H,31,34)/t22-/m1/s1. The zero-order valence-corrected chi connectivity index (χ0v) is 19.0. The molecule has 1 aromatic heterocycles. The van der Waals surface area contributed by atoms with E-state index in [4.69, 9.17) is 0 Å². The number of hydrogen-bond acceptors (Lipinski definition) is 3. The zero-order valence-electron chi connectivity index (χ0n) is 19.0. The molecule has 0 spiro atoms. The molecule has 5 rings (SSSR count). The monoisotopic (exact) mass is 471 g/mol. The Morgan fingerprint density at radius 3 is 2.68 bits per heavy atom. The number of aliphatic hydroxyl groups is 1. The van der Waals surface area contributed by atoms with Gasteiger partial charge in [0.05, 0.1) is 6.61 Å². The molecular formula is C26H28F3N3O2. The van der Waals surface area contributed by atoms with Crippen molar-refractivity contribution in [3.63, 3.8) is 0 Å². The number of nitrogens with zero attached hydrogens (tertiary/aromatic N) is 1. The van der Waals surface area contributed by atoms with Gasteiger partial charge in [-0.05, 0) is 86.2 Å². The third-order valence-electron chi connectivity index (χ3n) is 7.08. The van der Waals surface area contributed by atoms with Gasteiger partial charge in [-0.3, -0.25) is 9.69 Å². The quantitative estimate of drug-likeness (QED) is 0.478. The molecule has 34 heavy (non-hydrogen) atoms. The predicted molar refractivity (Wildman–Crippen MR) is 124 cm³/mol. The van der Waals surface area contributed by atoms with Crippen molar-refractivity contribution in [3.8, 4) is 11.1 Å². The van der Waals surface area contributed by atoms with Crippen molar-refractivity contribution < 1.29 is 23.1 Å². The van der Waals surface area contributed by atoms with Crippen LogP contribution in [0.5, 0.6) is 0 Å². The van der Waals surface area contributed by atoms with E-state index in [2.05, 4.69) is 21.3 Å². The summed E-state index contributed by atoms with van der Waals surface area (Å²) in [5.41, 5.74) is 2.68. The Morgan fingerprint density at radius 1 is 1.18 bits per heavy atom. The smallest absolute Gasteiger partial charge is 0.395 e. The van der Waals surface area contributed by atoms with Gasteiger partial charge in [-0.15, -0.1) is 0 Å². The predicted octanol–water partition coefficient (Wildman–Crippen LogP) is 4.92. The molecule has 2 aromatic carbocycles. The fourth-order valence-electron chi connectivity index (χ4n) is 4.96. The first-order valence-electron chi connectivity index (χ1n) is 11.7. The highest BCUT2D eigenvalue weighted by Gasteiger charge is 2.64. The molecule has 180 valence electrons. The minimum atomic E-state index is -4.45. The van der Waals surface area contributed by atoms with Gasteiger partial charge in [0.2, 0.25) is 0 Å². The maximum absolute atomic E-state index is 13.3. The molecule has 2 aliphatic rings. The van der Waals surface area contributed by atoms with E-state index in [1.807, 2.05) is 31.2 Å². The number of halogens is 3. The summed E-state index contributed by atoms with van der Waals surface area (Å²) in [5, 5.41) is 12.8. The first-order valence-corrected chi connectivity index (χ1v) is 11.7. The van der Waals surface area contributed by atoms with E-state index in [9.17, 15) is 23.1 Å². The molecule has 2 fully saturated rings. The Balaban J connectivity index is 1.39. The first-order chi connectivity index (χ1) is 16.2. The van der Waals surface area contributed by atoms with E-state index in [0.29, 0.717) is 0 Å². The number of fused-ring (bicyclic) bond motifs is 1. The van der Waals surface area contributed by atoms with Crippen molar-refractivity contribution in [1.29, 1.82) is 0 Å². The van der Waals surface area contributed by atoms with Crippen LogP contribution in [0.15, 0.2) is 42.5 Å². The van der Waals surface area contributed by atoms with E-state index in [0.717, 1.165) is 59.2 Å². The molecule has 3 aromatic rings. The number of alkyl halides is 3. The third-order valence-corrected chi connectivity index (χ3v) is 7.08. The van der Waals surface area contributed by atoms with Gasteiger partial charge in [0, 0.05) is 34.7 Å². The number of amides is 1. The van der Waals surface area contributed by atoms with Crippen molar-refractivity contribution in [1.82, 2.24) is 15.2 Å². The van der Waals surface area contributed by atoms with Gasteiger partial charge in [-0.2, -0.15) is 13.2 Å².